The summed E-state index contributed by atoms with van der Waals surface area (Å²) in [6.45, 7) is 5.39. The van der Waals surface area contributed by atoms with E-state index >= 15 is 0 Å². The molecule has 0 radical (unpaired) electrons. The molecule has 3 rings (SSSR count). The molecular weight excluding hydrogens is 332 g/mol. The highest BCUT2D eigenvalue weighted by molar-refractivity contribution is 6.04. The van der Waals surface area contributed by atoms with Gasteiger partial charge >= 0.3 is 0 Å². The molecule has 0 aliphatic rings. The number of aromatic nitrogens is 2. The normalized spacial score (nSPS) is 10.4. The zero-order valence-electron chi connectivity index (χ0n) is 14.7. The second-order valence-corrected chi connectivity index (χ2v) is 5.86. The number of furan rings is 1. The molecule has 0 aliphatic heterocycles. The van der Waals surface area contributed by atoms with Crippen LogP contribution in [0.4, 0.5) is 11.4 Å². The molecule has 2 aromatic heterocycles. The third-order valence-electron chi connectivity index (χ3n) is 3.68. The van der Waals surface area contributed by atoms with Crippen molar-refractivity contribution in [2.24, 2.45) is 0 Å². The molecule has 0 spiro atoms. The molecule has 7 heteroatoms. The number of carbonyl (C=O) groups is 2. The first-order valence-electron chi connectivity index (χ1n) is 8.01. The van der Waals surface area contributed by atoms with Gasteiger partial charge in [0.25, 0.3) is 11.8 Å². The predicted octanol–water partition coefficient (Wildman–Crippen LogP) is 3.50. The Hall–Kier alpha value is -3.48. The van der Waals surface area contributed by atoms with Crippen molar-refractivity contribution in [2.45, 2.75) is 20.8 Å². The predicted molar refractivity (Wildman–Crippen MR) is 97.3 cm³/mol. The lowest BCUT2D eigenvalue weighted by atomic mass is 10.1. The largest absolute Gasteiger partial charge is 0.459 e. The summed E-state index contributed by atoms with van der Waals surface area (Å²) in [7, 11) is 0. The Kier molecular flexibility index (Phi) is 4.79. The Labute approximate surface area is 150 Å². The summed E-state index contributed by atoms with van der Waals surface area (Å²) < 4.78 is 5.07. The number of hydrogen-bond acceptors (Lipinski definition) is 5. The average molecular weight is 350 g/mol. The number of nitrogens with one attached hydrogen (secondary N) is 2. The van der Waals surface area contributed by atoms with Crippen molar-refractivity contribution < 1.29 is 14.0 Å². The molecule has 132 valence electrons. The third kappa shape index (κ3) is 3.94. The van der Waals surface area contributed by atoms with E-state index in [4.69, 9.17) is 4.42 Å². The summed E-state index contributed by atoms with van der Waals surface area (Å²) in [5.41, 5.74) is 3.09. The van der Waals surface area contributed by atoms with Gasteiger partial charge in [0, 0.05) is 17.1 Å². The second kappa shape index (κ2) is 7.18. The van der Waals surface area contributed by atoms with Crippen LogP contribution >= 0.6 is 0 Å². The summed E-state index contributed by atoms with van der Waals surface area (Å²) in [5, 5.41) is 5.57. The third-order valence-corrected chi connectivity index (χ3v) is 3.68. The van der Waals surface area contributed by atoms with Gasteiger partial charge in [-0.25, -0.2) is 9.97 Å². The first-order chi connectivity index (χ1) is 12.4. The van der Waals surface area contributed by atoms with E-state index in [1.165, 1.54) is 6.26 Å². The fraction of sp³-hybridized carbons (Fsp3) is 0.158. The molecule has 0 fully saturated rings. The number of aryl methyl sites for hydroxylation is 3. The van der Waals surface area contributed by atoms with Crippen molar-refractivity contribution in [3.63, 3.8) is 0 Å². The van der Waals surface area contributed by atoms with Gasteiger partial charge in [-0.2, -0.15) is 0 Å². The number of benzene rings is 1. The standard InChI is InChI=1S/C19H18N4O3/c1-11-9-14(22-18(24)16-10-12(2)20-13(3)21-16)6-7-15(11)23-19(25)17-5-4-8-26-17/h4-10H,1-3H3,(H,22,24)(H,23,25). The number of amides is 2. The summed E-state index contributed by atoms with van der Waals surface area (Å²) in [6, 6.07) is 10.1. The number of carbonyl (C=O) groups excluding carboxylic acids is 2. The molecule has 2 amide bonds. The van der Waals surface area contributed by atoms with Gasteiger partial charge in [-0.3, -0.25) is 9.59 Å². The van der Waals surface area contributed by atoms with Gasteiger partial charge in [-0.15, -0.1) is 0 Å². The summed E-state index contributed by atoms with van der Waals surface area (Å²) in [6.07, 6.45) is 1.44. The molecule has 0 atom stereocenters. The van der Waals surface area contributed by atoms with E-state index in [1.807, 2.05) is 13.8 Å². The molecule has 0 saturated heterocycles. The summed E-state index contributed by atoms with van der Waals surface area (Å²) >= 11 is 0. The first-order valence-corrected chi connectivity index (χ1v) is 8.01. The minimum atomic E-state index is -0.332. The molecule has 1 aromatic carbocycles. The van der Waals surface area contributed by atoms with E-state index < -0.39 is 0 Å². The Morgan fingerprint density at radius 3 is 2.42 bits per heavy atom. The van der Waals surface area contributed by atoms with Gasteiger partial charge in [0.05, 0.1) is 6.26 Å². The Bertz CT molecular complexity index is 945. The van der Waals surface area contributed by atoms with E-state index in [9.17, 15) is 9.59 Å². The molecule has 0 aliphatic carbocycles. The monoisotopic (exact) mass is 350 g/mol. The highest BCUT2D eigenvalue weighted by Gasteiger charge is 2.13. The first kappa shape index (κ1) is 17.3. The zero-order valence-corrected chi connectivity index (χ0v) is 14.7. The smallest absolute Gasteiger partial charge is 0.291 e. The van der Waals surface area contributed by atoms with Crippen LogP contribution < -0.4 is 10.6 Å². The van der Waals surface area contributed by atoms with E-state index in [0.29, 0.717) is 22.9 Å². The van der Waals surface area contributed by atoms with Crippen LogP contribution in [0.2, 0.25) is 0 Å². The maximum Gasteiger partial charge on any atom is 0.291 e. The second-order valence-electron chi connectivity index (χ2n) is 5.86. The SMILES string of the molecule is Cc1cc(C(=O)Nc2ccc(NC(=O)c3ccco3)c(C)c2)nc(C)n1. The van der Waals surface area contributed by atoms with Crippen LogP contribution in [0.15, 0.2) is 47.1 Å². The van der Waals surface area contributed by atoms with Gasteiger partial charge < -0.3 is 15.1 Å². The van der Waals surface area contributed by atoms with Gasteiger partial charge in [-0.1, -0.05) is 0 Å². The van der Waals surface area contributed by atoms with Crippen LogP contribution in [0, 0.1) is 20.8 Å². The minimum absolute atomic E-state index is 0.233. The molecule has 0 saturated carbocycles. The van der Waals surface area contributed by atoms with Crippen LogP contribution in [0.1, 0.15) is 38.1 Å². The molecular formula is C19H18N4O3. The molecule has 0 unspecified atom stereocenters. The number of nitrogens with zero attached hydrogens (tertiary/aromatic N) is 2. The highest BCUT2D eigenvalue weighted by Crippen LogP contribution is 2.21. The summed E-state index contributed by atoms with van der Waals surface area (Å²) in [5.74, 6) is 0.130. The number of hydrogen-bond donors (Lipinski definition) is 2. The van der Waals surface area contributed by atoms with Gasteiger partial charge in [0.1, 0.15) is 11.5 Å². The van der Waals surface area contributed by atoms with Gasteiger partial charge in [0.2, 0.25) is 0 Å². The molecule has 26 heavy (non-hydrogen) atoms. The van der Waals surface area contributed by atoms with Crippen molar-refractivity contribution in [3.05, 3.63) is 71.2 Å². The van der Waals surface area contributed by atoms with E-state index in [2.05, 4.69) is 20.6 Å². The van der Waals surface area contributed by atoms with E-state index in [1.54, 1.807) is 43.3 Å². The highest BCUT2D eigenvalue weighted by atomic mass is 16.3. The Balaban J connectivity index is 1.73. The lowest BCUT2D eigenvalue weighted by Gasteiger charge is -2.11. The molecule has 3 aromatic rings. The maximum absolute atomic E-state index is 12.4. The zero-order chi connectivity index (χ0) is 18.7. The lowest BCUT2D eigenvalue weighted by molar-refractivity contribution is 0.0994. The number of rotatable bonds is 4. The Morgan fingerprint density at radius 1 is 0.962 bits per heavy atom. The summed E-state index contributed by atoms with van der Waals surface area (Å²) in [4.78, 5) is 32.7. The molecule has 0 bridgehead atoms. The minimum Gasteiger partial charge on any atom is -0.459 e. The van der Waals surface area contributed by atoms with Crippen molar-refractivity contribution in [3.8, 4) is 0 Å². The number of anilines is 2. The van der Waals surface area contributed by atoms with Crippen LogP contribution in [-0.2, 0) is 0 Å². The van der Waals surface area contributed by atoms with Crippen molar-refractivity contribution >= 4 is 23.2 Å². The fourth-order valence-electron chi connectivity index (χ4n) is 2.50. The van der Waals surface area contributed by atoms with Crippen LogP contribution in [-0.4, -0.2) is 21.8 Å². The van der Waals surface area contributed by atoms with Crippen LogP contribution in [0.3, 0.4) is 0 Å². The Morgan fingerprint density at radius 2 is 1.77 bits per heavy atom. The van der Waals surface area contributed by atoms with Crippen molar-refractivity contribution in [1.29, 1.82) is 0 Å². The van der Waals surface area contributed by atoms with Crippen molar-refractivity contribution in [1.82, 2.24) is 9.97 Å². The van der Waals surface area contributed by atoms with Crippen LogP contribution in [0.5, 0.6) is 0 Å². The van der Waals surface area contributed by atoms with Crippen molar-refractivity contribution in [2.75, 3.05) is 10.6 Å². The molecule has 2 N–H and O–H groups in total. The van der Waals surface area contributed by atoms with Crippen LogP contribution in [0.25, 0.3) is 0 Å². The topological polar surface area (TPSA) is 97.1 Å². The fourth-order valence-corrected chi connectivity index (χ4v) is 2.50. The lowest BCUT2D eigenvalue weighted by Crippen LogP contribution is -2.16. The maximum atomic E-state index is 12.4. The van der Waals surface area contributed by atoms with Gasteiger partial charge in [0.15, 0.2) is 5.76 Å². The molecule has 2 heterocycles. The quantitative estimate of drug-likeness (QED) is 0.750. The van der Waals surface area contributed by atoms with E-state index in [-0.39, 0.29) is 17.6 Å². The average Bonchev–Trinajstić information content (AvgIpc) is 3.11. The van der Waals surface area contributed by atoms with E-state index in [0.717, 1.165) is 11.3 Å². The molecule has 7 nitrogen and oxygen atoms in total. The van der Waals surface area contributed by atoms with Gasteiger partial charge in [-0.05, 0) is 62.7 Å².